The second kappa shape index (κ2) is 13.3. The van der Waals surface area contributed by atoms with Gasteiger partial charge in [0, 0.05) is 11.6 Å². The predicted molar refractivity (Wildman–Crippen MR) is 162 cm³/mol. The summed E-state index contributed by atoms with van der Waals surface area (Å²) in [5, 5.41) is 9.36. The van der Waals surface area contributed by atoms with Crippen LogP contribution in [0.3, 0.4) is 0 Å². The molecule has 6 nitrogen and oxygen atoms in total. The summed E-state index contributed by atoms with van der Waals surface area (Å²) in [5.41, 5.74) is 7.63. The first-order chi connectivity index (χ1) is 19.2. The maximum absolute atomic E-state index is 12.1. The first-order valence-electron chi connectivity index (χ1n) is 13.7. The maximum atomic E-state index is 12.1. The van der Waals surface area contributed by atoms with Crippen LogP contribution in [0.1, 0.15) is 96.1 Å². The topological polar surface area (TPSA) is 102 Å². The highest BCUT2D eigenvalue weighted by Gasteiger charge is 2.27. The van der Waals surface area contributed by atoms with Crippen molar-refractivity contribution < 1.29 is 23.9 Å². The van der Waals surface area contributed by atoms with Gasteiger partial charge in [0.25, 0.3) is 5.24 Å². The van der Waals surface area contributed by atoms with E-state index in [0.29, 0.717) is 23.2 Å². The number of benzene rings is 2. The molecule has 7 heteroatoms. The van der Waals surface area contributed by atoms with Crippen molar-refractivity contribution in [2.75, 3.05) is 0 Å². The molecular formula is C34H37ClO6. The Labute approximate surface area is 246 Å². The van der Waals surface area contributed by atoms with Crippen molar-refractivity contribution in [1.29, 1.82) is 0 Å². The van der Waals surface area contributed by atoms with Gasteiger partial charge in [0.05, 0.1) is 0 Å². The molecule has 41 heavy (non-hydrogen) atoms. The second-order valence-corrected chi connectivity index (χ2v) is 11.5. The molecule has 0 atom stereocenters. The molecule has 0 saturated heterocycles. The lowest BCUT2D eigenvalue weighted by molar-refractivity contribution is -0.115. The van der Waals surface area contributed by atoms with Gasteiger partial charge in [-0.2, -0.15) is 0 Å². The van der Waals surface area contributed by atoms with Gasteiger partial charge >= 0.3 is 5.63 Å². The van der Waals surface area contributed by atoms with Crippen molar-refractivity contribution in [2.45, 2.75) is 86.0 Å². The summed E-state index contributed by atoms with van der Waals surface area (Å²) in [6, 6.07) is 9.82. The summed E-state index contributed by atoms with van der Waals surface area (Å²) in [5.74, 6) is 3.54. The van der Waals surface area contributed by atoms with Crippen LogP contribution in [0.15, 0.2) is 39.5 Å². The summed E-state index contributed by atoms with van der Waals surface area (Å²) in [6.07, 6.45) is 4.94. The van der Waals surface area contributed by atoms with Crippen LogP contribution in [-0.2, 0) is 14.4 Å². The summed E-state index contributed by atoms with van der Waals surface area (Å²) in [7, 11) is 0. The molecule has 2 aliphatic carbocycles. The van der Waals surface area contributed by atoms with E-state index < -0.39 is 10.9 Å². The minimum atomic E-state index is -0.745. The lowest BCUT2D eigenvalue weighted by atomic mass is 9.92. The normalized spacial score (nSPS) is 13.7. The quantitative estimate of drug-likeness (QED) is 0.191. The van der Waals surface area contributed by atoms with Crippen LogP contribution in [-0.4, -0.2) is 22.1 Å². The number of carbonyl (C=O) groups is 2. The van der Waals surface area contributed by atoms with Crippen molar-refractivity contribution in [2.24, 2.45) is 0 Å². The number of rotatable bonds is 5. The van der Waals surface area contributed by atoms with Crippen LogP contribution in [0, 0.1) is 34.6 Å². The molecule has 1 aromatic heterocycles. The van der Waals surface area contributed by atoms with Gasteiger partial charge in [0.2, 0.25) is 0 Å². The summed E-state index contributed by atoms with van der Waals surface area (Å²) < 4.78 is 5.13. The van der Waals surface area contributed by atoms with Crippen LogP contribution in [0.2, 0.25) is 0 Å². The van der Waals surface area contributed by atoms with Gasteiger partial charge in [-0.25, -0.2) is 9.59 Å². The molecule has 2 saturated carbocycles. The van der Waals surface area contributed by atoms with Crippen molar-refractivity contribution in [3.8, 4) is 16.9 Å². The van der Waals surface area contributed by atoms with E-state index in [4.69, 9.17) is 16.0 Å². The van der Waals surface area contributed by atoms with Gasteiger partial charge in [-0.15, -0.1) is 0 Å². The Bertz CT molecular complexity index is 1550. The molecule has 0 amide bonds. The number of ketones is 1. The van der Waals surface area contributed by atoms with Crippen LogP contribution >= 0.6 is 11.6 Å². The molecule has 5 rings (SSSR count). The third-order valence-electron chi connectivity index (χ3n) is 7.06. The average molecular weight is 577 g/mol. The number of Topliss-reactive ketones (excluding diaryl/α,β-unsaturated/α-hetero) is 1. The molecule has 0 aliphatic heterocycles. The number of aryl methyl sites for hydroxylation is 5. The van der Waals surface area contributed by atoms with Crippen molar-refractivity contribution in [3.05, 3.63) is 85.5 Å². The molecule has 3 aromatic rings. The number of aromatic hydroxyl groups is 1. The molecule has 0 unspecified atom stereocenters. The van der Waals surface area contributed by atoms with E-state index in [1.807, 2.05) is 39.8 Å². The average Bonchev–Trinajstić information content (AvgIpc) is 3.74. The van der Waals surface area contributed by atoms with Crippen molar-refractivity contribution in [3.63, 3.8) is 0 Å². The van der Waals surface area contributed by atoms with Gasteiger partial charge in [-0.05, 0) is 137 Å². The fraction of sp³-hybridized carbons (Fsp3) is 0.382. The monoisotopic (exact) mass is 576 g/mol. The van der Waals surface area contributed by atoms with E-state index in [1.54, 1.807) is 12.9 Å². The Morgan fingerprint density at radius 3 is 1.56 bits per heavy atom. The highest BCUT2D eigenvalue weighted by molar-refractivity contribution is 6.75. The Kier molecular flexibility index (Phi) is 10.3. The zero-order valence-electron chi connectivity index (χ0n) is 24.7. The van der Waals surface area contributed by atoms with E-state index in [9.17, 15) is 24.3 Å². The molecule has 216 valence electrons. The fourth-order valence-corrected chi connectivity index (χ4v) is 5.24. The molecule has 2 fully saturated rings. The second-order valence-electron chi connectivity index (χ2n) is 11.2. The number of hydrogen-bond acceptors (Lipinski definition) is 6. The van der Waals surface area contributed by atoms with Crippen molar-refractivity contribution >= 4 is 34.1 Å². The zero-order chi connectivity index (χ0) is 30.6. The number of carbonyl (C=O) groups excluding carboxylic acids is 3. The third-order valence-corrected chi connectivity index (χ3v) is 7.25. The highest BCUT2D eigenvalue weighted by atomic mass is 35.5. The Morgan fingerprint density at radius 1 is 0.805 bits per heavy atom. The molecule has 0 spiro atoms. The first kappa shape index (κ1) is 31.8. The first-order valence-corrected chi connectivity index (χ1v) is 14.1. The zero-order valence-corrected chi connectivity index (χ0v) is 25.5. The summed E-state index contributed by atoms with van der Waals surface area (Å²) in [6.45, 7) is 12.5. The van der Waals surface area contributed by atoms with Crippen LogP contribution < -0.4 is 5.63 Å². The molecule has 1 heterocycles. The third kappa shape index (κ3) is 8.16. The maximum Gasteiger partial charge on any atom is 0.347 e. The molecule has 0 bridgehead atoms. The predicted octanol–water partition coefficient (Wildman–Crippen LogP) is 7.57. The minimum absolute atomic E-state index is 0.0101. The van der Waals surface area contributed by atoms with Crippen LogP contribution in [0.4, 0.5) is 0 Å². The van der Waals surface area contributed by atoms with Crippen LogP contribution in [0.5, 0.6) is 5.75 Å². The Hall–Kier alpha value is -3.73. The minimum Gasteiger partial charge on any atom is -0.507 e. The SMILES string of the molecule is CC(C)=O.Cc1cc(C2CC2)cc(C)c1C(=C=O)C(=O)Cl.Cc1cc(O)c(-c2c(C)cc(C3CC3)cc2C)c(=O)o1. The highest BCUT2D eigenvalue weighted by Crippen LogP contribution is 2.43. The molecular weight excluding hydrogens is 540 g/mol. The van der Waals surface area contributed by atoms with Crippen LogP contribution in [0.25, 0.3) is 16.7 Å². The van der Waals surface area contributed by atoms with E-state index in [-0.39, 0.29) is 22.7 Å². The van der Waals surface area contributed by atoms with Gasteiger partial charge in [0.15, 0.2) is 0 Å². The molecule has 1 N–H and O–H groups in total. The van der Waals surface area contributed by atoms with Gasteiger partial charge < -0.3 is 14.3 Å². The number of hydrogen-bond donors (Lipinski definition) is 1. The summed E-state index contributed by atoms with van der Waals surface area (Å²) >= 11 is 5.40. The van der Waals surface area contributed by atoms with E-state index in [2.05, 4.69) is 12.1 Å². The fourth-order valence-electron chi connectivity index (χ4n) is 5.10. The van der Waals surface area contributed by atoms with E-state index in [0.717, 1.165) is 27.8 Å². The molecule has 2 aromatic carbocycles. The van der Waals surface area contributed by atoms with Gasteiger partial charge in [-0.1, -0.05) is 24.3 Å². The lowest BCUT2D eigenvalue weighted by Crippen LogP contribution is -2.06. The van der Waals surface area contributed by atoms with Gasteiger partial charge in [-0.3, -0.25) is 4.79 Å². The lowest BCUT2D eigenvalue weighted by Gasteiger charge is -2.13. The molecule has 0 radical (unpaired) electrons. The summed E-state index contributed by atoms with van der Waals surface area (Å²) in [4.78, 5) is 43.5. The van der Waals surface area contributed by atoms with E-state index >= 15 is 0 Å². The van der Waals surface area contributed by atoms with Gasteiger partial charge in [0.1, 0.15) is 34.4 Å². The standard InChI is InChI=1S/C17H18O3.C14H13ClO2.C3H6O/c1-9-6-13(12-4-5-12)7-10(2)15(9)16-14(18)8-11(3)20-17(16)19;1-8-5-11(10-3-4-10)6-9(2)13(8)12(7-16)14(15)17;1-3(2)4/h6-8,12,18H,4-5H2,1-3H3;5-6,10H,3-4H2,1-2H3;1-2H3. The number of halogens is 1. The van der Waals surface area contributed by atoms with Crippen molar-refractivity contribution in [1.82, 2.24) is 0 Å². The Morgan fingerprint density at radius 2 is 1.22 bits per heavy atom. The smallest absolute Gasteiger partial charge is 0.347 e. The number of allylic oxidation sites excluding steroid dienone is 1. The molecule has 2 aliphatic rings. The Balaban J connectivity index is 0.000000202. The largest absolute Gasteiger partial charge is 0.507 e. The van der Waals surface area contributed by atoms with E-state index in [1.165, 1.54) is 56.7 Å².